The van der Waals surface area contributed by atoms with Gasteiger partial charge in [-0.2, -0.15) is 0 Å². The fraction of sp³-hybridized carbons (Fsp3) is 0. The summed E-state index contributed by atoms with van der Waals surface area (Å²) in [6.45, 7) is 0. The van der Waals surface area contributed by atoms with E-state index in [-0.39, 0.29) is 5.82 Å². The van der Waals surface area contributed by atoms with Crippen LogP contribution in [0.2, 0.25) is 0 Å². The average Bonchev–Trinajstić information content (AvgIpc) is 3.62. The van der Waals surface area contributed by atoms with Gasteiger partial charge in [-0.1, -0.05) is 146 Å². The molecule has 0 unspecified atom stereocenters. The minimum absolute atomic E-state index is 0.246. The molecule has 0 atom stereocenters. The monoisotopic (exact) mass is 707 g/mol. The molecule has 0 aliphatic rings. The van der Waals surface area contributed by atoms with E-state index in [4.69, 9.17) is 4.42 Å². The number of halogens is 1. The highest BCUT2D eigenvalue weighted by atomic mass is 19.1. The lowest BCUT2D eigenvalue weighted by molar-refractivity contribution is 0.628. The first kappa shape index (κ1) is 32.4. The van der Waals surface area contributed by atoms with Crippen LogP contribution >= 0.6 is 0 Å². The van der Waals surface area contributed by atoms with Gasteiger partial charge in [-0.25, -0.2) is 4.39 Å². The van der Waals surface area contributed by atoms with Crippen LogP contribution in [0.4, 0.5) is 21.5 Å². The number of anilines is 3. The molecule has 0 aliphatic carbocycles. The van der Waals surface area contributed by atoms with E-state index in [9.17, 15) is 4.39 Å². The molecule has 1 heterocycles. The first-order valence-corrected chi connectivity index (χ1v) is 18.5. The summed E-state index contributed by atoms with van der Waals surface area (Å²) in [7, 11) is 0. The molecule has 260 valence electrons. The average molecular weight is 708 g/mol. The Balaban J connectivity index is 1.16. The summed E-state index contributed by atoms with van der Waals surface area (Å²) in [6.07, 6.45) is 0. The minimum atomic E-state index is -0.246. The molecule has 1 aromatic heterocycles. The van der Waals surface area contributed by atoms with Crippen LogP contribution in [-0.4, -0.2) is 0 Å². The van der Waals surface area contributed by atoms with Crippen molar-refractivity contribution in [3.63, 3.8) is 0 Å². The van der Waals surface area contributed by atoms with Crippen molar-refractivity contribution in [3.8, 4) is 44.5 Å². The van der Waals surface area contributed by atoms with Crippen molar-refractivity contribution in [1.29, 1.82) is 0 Å². The number of fused-ring (bicyclic) bond motifs is 4. The van der Waals surface area contributed by atoms with E-state index < -0.39 is 0 Å². The lowest BCUT2D eigenvalue weighted by Crippen LogP contribution is -2.11. The second kappa shape index (κ2) is 13.6. The lowest BCUT2D eigenvalue weighted by Gasteiger charge is -2.28. The Morgan fingerprint density at radius 2 is 0.964 bits per heavy atom. The molecule has 3 heteroatoms. The van der Waals surface area contributed by atoms with Crippen molar-refractivity contribution in [3.05, 3.63) is 212 Å². The molecule has 0 radical (unpaired) electrons. The summed E-state index contributed by atoms with van der Waals surface area (Å²) in [5.74, 6) is -0.246. The molecular weight excluding hydrogens is 674 g/mol. The van der Waals surface area contributed by atoms with E-state index in [0.717, 1.165) is 88.7 Å². The van der Waals surface area contributed by atoms with Gasteiger partial charge >= 0.3 is 0 Å². The van der Waals surface area contributed by atoms with E-state index in [0.29, 0.717) is 0 Å². The van der Waals surface area contributed by atoms with Gasteiger partial charge in [0, 0.05) is 33.8 Å². The lowest BCUT2D eigenvalue weighted by atomic mass is 9.91. The third kappa shape index (κ3) is 5.93. The van der Waals surface area contributed by atoms with Crippen LogP contribution in [0.1, 0.15) is 0 Å². The molecule has 9 aromatic carbocycles. The molecule has 0 saturated carbocycles. The normalized spacial score (nSPS) is 11.4. The standard InChI is InChI=1S/C52H34FNO/c53-41-19-9-18-40(32-41)45-22-11-17-38-16-10-21-44(52(38)45)37-24-27-42(28-25-37)54(43-29-30-47-46-20-7-8-23-50(46)55-51(47)34-43)49-31-26-39(35-12-3-1-4-13-35)33-48(49)36-14-5-2-6-15-36/h1-34H. The van der Waals surface area contributed by atoms with Gasteiger partial charge in [0.25, 0.3) is 0 Å². The molecule has 0 aliphatic heterocycles. The zero-order valence-corrected chi connectivity index (χ0v) is 29.9. The Kier molecular flexibility index (Phi) is 8.04. The van der Waals surface area contributed by atoms with Crippen molar-refractivity contribution >= 4 is 49.8 Å². The van der Waals surface area contributed by atoms with Gasteiger partial charge in [0.2, 0.25) is 0 Å². The number of rotatable bonds is 7. The Morgan fingerprint density at radius 3 is 1.73 bits per heavy atom. The van der Waals surface area contributed by atoms with Crippen molar-refractivity contribution in [2.45, 2.75) is 0 Å². The van der Waals surface area contributed by atoms with Crippen molar-refractivity contribution < 1.29 is 8.81 Å². The van der Waals surface area contributed by atoms with Crippen LogP contribution in [-0.2, 0) is 0 Å². The zero-order valence-electron chi connectivity index (χ0n) is 29.9. The number of furan rings is 1. The quantitative estimate of drug-likeness (QED) is 0.164. The Morgan fingerprint density at radius 1 is 0.364 bits per heavy atom. The molecule has 10 aromatic rings. The first-order chi connectivity index (χ1) is 27.2. The third-order valence-electron chi connectivity index (χ3n) is 10.5. The summed E-state index contributed by atoms with van der Waals surface area (Å²) in [6, 6.07) is 70.8. The van der Waals surface area contributed by atoms with E-state index in [2.05, 4.69) is 169 Å². The number of hydrogen-bond donors (Lipinski definition) is 0. The Hall–Kier alpha value is -7.23. The Labute approximate surface area is 319 Å². The van der Waals surface area contributed by atoms with Gasteiger partial charge in [0.1, 0.15) is 17.0 Å². The summed E-state index contributed by atoms with van der Waals surface area (Å²) in [4.78, 5) is 2.33. The molecule has 0 N–H and O–H groups in total. The molecule has 10 rings (SSSR count). The molecule has 2 nitrogen and oxygen atoms in total. The topological polar surface area (TPSA) is 16.4 Å². The maximum absolute atomic E-state index is 14.5. The molecule has 0 spiro atoms. The summed E-state index contributed by atoms with van der Waals surface area (Å²) in [5.41, 5.74) is 13.3. The minimum Gasteiger partial charge on any atom is -0.456 e. The predicted molar refractivity (Wildman–Crippen MR) is 228 cm³/mol. The second-order valence-electron chi connectivity index (χ2n) is 13.8. The van der Waals surface area contributed by atoms with Crippen LogP contribution in [0, 0.1) is 5.82 Å². The van der Waals surface area contributed by atoms with Crippen molar-refractivity contribution in [1.82, 2.24) is 0 Å². The molecule has 55 heavy (non-hydrogen) atoms. The van der Waals surface area contributed by atoms with Crippen LogP contribution in [0.5, 0.6) is 0 Å². The van der Waals surface area contributed by atoms with Gasteiger partial charge in [-0.15, -0.1) is 0 Å². The highest BCUT2D eigenvalue weighted by molar-refractivity contribution is 6.08. The first-order valence-electron chi connectivity index (χ1n) is 18.5. The van der Waals surface area contributed by atoms with E-state index in [1.165, 1.54) is 11.6 Å². The fourth-order valence-electron chi connectivity index (χ4n) is 7.94. The van der Waals surface area contributed by atoms with Gasteiger partial charge in [0.15, 0.2) is 0 Å². The smallest absolute Gasteiger partial charge is 0.137 e. The maximum atomic E-state index is 14.5. The van der Waals surface area contributed by atoms with Crippen molar-refractivity contribution in [2.24, 2.45) is 0 Å². The van der Waals surface area contributed by atoms with Gasteiger partial charge in [-0.3, -0.25) is 0 Å². The summed E-state index contributed by atoms with van der Waals surface area (Å²) in [5, 5.41) is 4.39. The largest absolute Gasteiger partial charge is 0.456 e. The summed E-state index contributed by atoms with van der Waals surface area (Å²) < 4.78 is 20.9. The SMILES string of the molecule is Fc1cccc(-c2cccc3cccc(-c4ccc(N(c5ccc6c(c5)oc5ccccc56)c5ccc(-c6ccccc6)cc5-c5ccccc5)cc4)c23)c1. The molecular formula is C52H34FNO. The third-order valence-corrected chi connectivity index (χ3v) is 10.5. The van der Waals surface area contributed by atoms with Gasteiger partial charge in [-0.05, 0) is 104 Å². The van der Waals surface area contributed by atoms with E-state index >= 15 is 0 Å². The van der Waals surface area contributed by atoms with Gasteiger partial charge < -0.3 is 9.32 Å². The fourth-order valence-corrected chi connectivity index (χ4v) is 7.94. The molecule has 0 saturated heterocycles. The van der Waals surface area contributed by atoms with Crippen LogP contribution in [0.25, 0.3) is 77.2 Å². The molecule has 0 fully saturated rings. The second-order valence-corrected chi connectivity index (χ2v) is 13.8. The number of para-hydroxylation sites is 1. The molecule has 0 bridgehead atoms. The highest BCUT2D eigenvalue weighted by Gasteiger charge is 2.20. The Bertz CT molecular complexity index is 2980. The number of benzene rings is 9. The number of nitrogens with zero attached hydrogens (tertiary/aromatic N) is 1. The van der Waals surface area contributed by atoms with E-state index in [1.807, 2.05) is 24.3 Å². The highest BCUT2D eigenvalue weighted by Crippen LogP contribution is 2.45. The van der Waals surface area contributed by atoms with Gasteiger partial charge in [0.05, 0.1) is 5.69 Å². The van der Waals surface area contributed by atoms with Crippen molar-refractivity contribution in [2.75, 3.05) is 4.90 Å². The van der Waals surface area contributed by atoms with Crippen LogP contribution < -0.4 is 4.90 Å². The van der Waals surface area contributed by atoms with E-state index in [1.54, 1.807) is 12.1 Å². The number of hydrogen-bond acceptors (Lipinski definition) is 2. The predicted octanol–water partition coefficient (Wildman–Crippen LogP) is 15.0. The zero-order chi connectivity index (χ0) is 36.7. The molecule has 0 amide bonds. The maximum Gasteiger partial charge on any atom is 0.137 e. The van der Waals surface area contributed by atoms with Crippen LogP contribution in [0.3, 0.4) is 0 Å². The van der Waals surface area contributed by atoms with Crippen LogP contribution in [0.15, 0.2) is 211 Å². The summed E-state index contributed by atoms with van der Waals surface area (Å²) >= 11 is 0.